The molecule has 0 aromatic heterocycles. The Morgan fingerprint density at radius 3 is 2.37 bits per heavy atom. The maximum atomic E-state index is 10.7. The molecule has 2 unspecified atom stereocenters. The zero-order valence-corrected chi connectivity index (χ0v) is 10.8. The number of aliphatic hydroxyl groups excluding tert-OH is 1. The number of carbonyl (C=O) groups is 1. The summed E-state index contributed by atoms with van der Waals surface area (Å²) in [6, 6.07) is 6.12. The lowest BCUT2D eigenvalue weighted by atomic mass is 9.86. The molecule has 0 heterocycles. The maximum Gasteiger partial charge on any atom is 0.305 e. The van der Waals surface area contributed by atoms with E-state index in [1.165, 1.54) is 12.1 Å². The molecule has 0 amide bonds. The smallest absolute Gasteiger partial charge is 0.305 e. The Morgan fingerprint density at radius 1 is 1.32 bits per heavy atom. The first-order valence-electron chi connectivity index (χ1n) is 6.23. The van der Waals surface area contributed by atoms with E-state index in [1.54, 1.807) is 12.1 Å². The van der Waals surface area contributed by atoms with Gasteiger partial charge in [0.25, 0.3) is 0 Å². The first-order chi connectivity index (χ1) is 8.95. The molecule has 19 heavy (non-hydrogen) atoms. The summed E-state index contributed by atoms with van der Waals surface area (Å²) in [6.45, 7) is 1.92. The lowest BCUT2D eigenvalue weighted by Gasteiger charge is -2.22. The quantitative estimate of drug-likeness (QED) is 0.566. The molecule has 5 nitrogen and oxygen atoms in total. The van der Waals surface area contributed by atoms with Crippen LogP contribution in [0.2, 0.25) is 0 Å². The van der Waals surface area contributed by atoms with Crippen LogP contribution in [0.15, 0.2) is 24.3 Å². The van der Waals surface area contributed by atoms with Crippen LogP contribution < -0.4 is 0 Å². The van der Waals surface area contributed by atoms with E-state index in [0.29, 0.717) is 12.0 Å². The van der Waals surface area contributed by atoms with Crippen LogP contribution in [0.1, 0.15) is 31.7 Å². The molecule has 1 rings (SSSR count). The third-order valence-electron chi connectivity index (χ3n) is 3.00. The van der Waals surface area contributed by atoms with Gasteiger partial charge in [0.1, 0.15) is 5.75 Å². The number of aromatic hydroxyl groups is 1. The first-order valence-corrected chi connectivity index (χ1v) is 6.23. The van der Waals surface area contributed by atoms with E-state index in [2.05, 4.69) is 0 Å². The molecule has 0 aliphatic rings. The third-order valence-corrected chi connectivity index (χ3v) is 3.00. The van der Waals surface area contributed by atoms with Gasteiger partial charge in [0.2, 0.25) is 0 Å². The highest BCUT2D eigenvalue weighted by atomic mass is 16.4. The standard InChI is InChI=1S/C14H19NO4/c1-2-3-11(12(17)8-13(18)19)14(15)9-4-6-10(16)7-5-9/h4-7,11-12,15-17H,2-3,8H2,1H3,(H,18,19). The number of hydrogen-bond acceptors (Lipinski definition) is 4. The summed E-state index contributed by atoms with van der Waals surface area (Å²) >= 11 is 0. The van der Waals surface area contributed by atoms with E-state index in [1.807, 2.05) is 6.92 Å². The largest absolute Gasteiger partial charge is 0.508 e. The summed E-state index contributed by atoms with van der Waals surface area (Å²) in [5, 5.41) is 36.0. The van der Waals surface area contributed by atoms with Crippen molar-refractivity contribution in [2.75, 3.05) is 0 Å². The minimum absolute atomic E-state index is 0.106. The van der Waals surface area contributed by atoms with Crippen LogP contribution in [0.4, 0.5) is 0 Å². The normalized spacial score (nSPS) is 13.8. The van der Waals surface area contributed by atoms with Crippen molar-refractivity contribution < 1.29 is 20.1 Å². The van der Waals surface area contributed by atoms with Gasteiger partial charge in [-0.15, -0.1) is 0 Å². The van der Waals surface area contributed by atoms with E-state index in [4.69, 9.17) is 10.5 Å². The Morgan fingerprint density at radius 2 is 1.89 bits per heavy atom. The average molecular weight is 265 g/mol. The van der Waals surface area contributed by atoms with Gasteiger partial charge in [-0.05, 0) is 36.2 Å². The molecule has 1 aromatic rings. The molecule has 0 fully saturated rings. The average Bonchev–Trinajstić information content (AvgIpc) is 2.35. The summed E-state index contributed by atoms with van der Waals surface area (Å²) in [4.78, 5) is 10.7. The molecule has 4 N–H and O–H groups in total. The Kier molecular flexibility index (Phi) is 5.51. The third kappa shape index (κ3) is 4.37. The fraction of sp³-hybridized carbons (Fsp3) is 0.429. The molecule has 0 aliphatic heterocycles. The second-order valence-corrected chi connectivity index (χ2v) is 4.52. The Hall–Kier alpha value is -1.88. The molecule has 2 atom stereocenters. The highest BCUT2D eigenvalue weighted by molar-refractivity contribution is 6.00. The van der Waals surface area contributed by atoms with Gasteiger partial charge in [-0.1, -0.05) is 13.3 Å². The highest BCUT2D eigenvalue weighted by Crippen LogP contribution is 2.21. The molecule has 0 aliphatic carbocycles. The molecule has 1 aromatic carbocycles. The lowest BCUT2D eigenvalue weighted by Crippen LogP contribution is -2.30. The van der Waals surface area contributed by atoms with E-state index in [0.717, 1.165) is 6.42 Å². The van der Waals surface area contributed by atoms with Crippen LogP contribution in [0.5, 0.6) is 5.75 Å². The van der Waals surface area contributed by atoms with Crippen molar-refractivity contribution in [3.8, 4) is 5.75 Å². The Bertz CT molecular complexity index is 441. The van der Waals surface area contributed by atoms with Crippen molar-refractivity contribution in [1.29, 1.82) is 5.41 Å². The molecule has 5 heteroatoms. The number of hydrogen-bond donors (Lipinski definition) is 4. The van der Waals surface area contributed by atoms with E-state index in [9.17, 15) is 15.0 Å². The van der Waals surface area contributed by atoms with Crippen LogP contribution in [-0.2, 0) is 4.79 Å². The highest BCUT2D eigenvalue weighted by Gasteiger charge is 2.25. The molecule has 0 bridgehead atoms. The van der Waals surface area contributed by atoms with Crippen LogP contribution in [0.3, 0.4) is 0 Å². The summed E-state index contributed by atoms with van der Waals surface area (Å²) in [5.74, 6) is -1.48. The number of carboxylic acid groups (broad SMARTS) is 1. The molecular formula is C14H19NO4. The van der Waals surface area contributed by atoms with Crippen LogP contribution in [0.25, 0.3) is 0 Å². The van der Waals surface area contributed by atoms with E-state index in [-0.39, 0.29) is 17.9 Å². The van der Waals surface area contributed by atoms with Gasteiger partial charge in [-0.2, -0.15) is 0 Å². The predicted molar refractivity (Wildman–Crippen MR) is 71.6 cm³/mol. The fourth-order valence-electron chi connectivity index (χ4n) is 2.02. The van der Waals surface area contributed by atoms with Crippen LogP contribution in [0, 0.1) is 11.3 Å². The van der Waals surface area contributed by atoms with Gasteiger partial charge < -0.3 is 20.7 Å². The molecule has 0 radical (unpaired) electrons. The first kappa shape index (κ1) is 15.2. The van der Waals surface area contributed by atoms with Gasteiger partial charge in [-0.25, -0.2) is 0 Å². The number of phenols is 1. The van der Waals surface area contributed by atoms with Gasteiger partial charge in [0.15, 0.2) is 0 Å². The molecule has 0 saturated carbocycles. The zero-order chi connectivity index (χ0) is 14.4. The number of rotatable bonds is 7. The van der Waals surface area contributed by atoms with Gasteiger partial charge >= 0.3 is 5.97 Å². The number of nitrogens with one attached hydrogen (secondary N) is 1. The summed E-state index contributed by atoms with van der Waals surface area (Å²) in [6.07, 6.45) is -0.139. The molecule has 0 spiro atoms. The minimum atomic E-state index is -1.08. The van der Waals surface area contributed by atoms with E-state index < -0.39 is 18.0 Å². The van der Waals surface area contributed by atoms with Crippen molar-refractivity contribution in [3.05, 3.63) is 29.8 Å². The summed E-state index contributed by atoms with van der Waals surface area (Å²) in [5.41, 5.74) is 0.788. The van der Waals surface area contributed by atoms with Crippen LogP contribution in [-0.4, -0.2) is 33.1 Å². The zero-order valence-electron chi connectivity index (χ0n) is 10.8. The van der Waals surface area contributed by atoms with Gasteiger partial charge in [0.05, 0.1) is 12.5 Å². The van der Waals surface area contributed by atoms with Crippen molar-refractivity contribution in [3.63, 3.8) is 0 Å². The summed E-state index contributed by atoms with van der Waals surface area (Å²) in [7, 11) is 0. The Balaban J connectivity index is 2.88. The number of aliphatic hydroxyl groups is 1. The van der Waals surface area contributed by atoms with Crippen molar-refractivity contribution in [2.24, 2.45) is 5.92 Å². The number of phenolic OH excluding ortho intramolecular Hbond substituents is 1. The van der Waals surface area contributed by atoms with Gasteiger partial charge in [-0.3, -0.25) is 4.79 Å². The summed E-state index contributed by atoms with van der Waals surface area (Å²) < 4.78 is 0. The maximum absolute atomic E-state index is 10.7. The fourth-order valence-corrected chi connectivity index (χ4v) is 2.02. The van der Waals surface area contributed by atoms with Crippen molar-refractivity contribution >= 4 is 11.7 Å². The predicted octanol–water partition coefficient (Wildman–Crippen LogP) is 2.01. The molecule has 104 valence electrons. The van der Waals surface area contributed by atoms with Crippen LogP contribution >= 0.6 is 0 Å². The second kappa shape index (κ2) is 6.89. The van der Waals surface area contributed by atoms with E-state index >= 15 is 0 Å². The SMILES string of the molecule is CCCC(C(=N)c1ccc(O)cc1)C(O)CC(=O)O. The minimum Gasteiger partial charge on any atom is -0.508 e. The molecule has 0 saturated heterocycles. The second-order valence-electron chi connectivity index (χ2n) is 4.52. The van der Waals surface area contributed by atoms with Gasteiger partial charge in [0, 0.05) is 11.6 Å². The number of carboxylic acids is 1. The lowest BCUT2D eigenvalue weighted by molar-refractivity contribution is -0.139. The number of aliphatic carboxylic acids is 1. The Labute approximate surface area is 112 Å². The van der Waals surface area contributed by atoms with Crippen molar-refractivity contribution in [1.82, 2.24) is 0 Å². The van der Waals surface area contributed by atoms with Crippen molar-refractivity contribution in [2.45, 2.75) is 32.3 Å². The molecular weight excluding hydrogens is 246 g/mol. The topological polar surface area (TPSA) is 102 Å². The monoisotopic (exact) mass is 265 g/mol. The number of benzene rings is 1.